The normalized spacial score (nSPS) is 17.3. The Morgan fingerprint density at radius 1 is 0.962 bits per heavy atom. The van der Waals surface area contributed by atoms with Crippen molar-refractivity contribution < 1.29 is 4.79 Å². The van der Waals surface area contributed by atoms with Gasteiger partial charge in [0.25, 0.3) is 5.91 Å². The first-order valence-electron chi connectivity index (χ1n) is 8.45. The molecule has 1 aliphatic heterocycles. The molecule has 128 valence electrons. The van der Waals surface area contributed by atoms with E-state index in [0.29, 0.717) is 9.23 Å². The monoisotopic (exact) mass is 375 g/mol. The van der Waals surface area contributed by atoms with Crippen LogP contribution in [0.4, 0.5) is 0 Å². The maximum absolute atomic E-state index is 13.0. The first-order valence-corrected chi connectivity index (χ1v) is 9.67. The summed E-state index contributed by atoms with van der Waals surface area (Å²) in [5.74, 6) is -0.0238. The highest BCUT2D eigenvalue weighted by Crippen LogP contribution is 2.38. The van der Waals surface area contributed by atoms with Crippen LogP contribution in [-0.2, 0) is 4.79 Å². The minimum Gasteiger partial charge on any atom is -0.286 e. The molecule has 0 unspecified atom stereocenters. The second kappa shape index (κ2) is 7.06. The molecule has 1 heterocycles. The van der Waals surface area contributed by atoms with Crippen LogP contribution < -0.4 is 0 Å². The first-order chi connectivity index (χ1) is 12.6. The van der Waals surface area contributed by atoms with Gasteiger partial charge in [-0.05, 0) is 34.9 Å². The van der Waals surface area contributed by atoms with Crippen LogP contribution in [0.15, 0.2) is 77.7 Å². The molecule has 3 aromatic carbocycles. The summed E-state index contributed by atoms with van der Waals surface area (Å²) in [5.41, 5.74) is 2.12. The molecule has 2 nitrogen and oxygen atoms in total. The van der Waals surface area contributed by atoms with E-state index >= 15 is 0 Å². The lowest BCUT2D eigenvalue weighted by atomic mass is 10.0. The summed E-state index contributed by atoms with van der Waals surface area (Å²) >= 11 is 6.89. The van der Waals surface area contributed by atoms with Gasteiger partial charge >= 0.3 is 0 Å². The molecule has 1 atom stereocenters. The van der Waals surface area contributed by atoms with E-state index in [9.17, 15) is 4.79 Å². The molecule has 1 saturated heterocycles. The van der Waals surface area contributed by atoms with Crippen molar-refractivity contribution in [2.45, 2.75) is 13.0 Å². The van der Waals surface area contributed by atoms with Crippen LogP contribution in [0.3, 0.4) is 0 Å². The van der Waals surface area contributed by atoms with E-state index in [1.807, 2.05) is 67.6 Å². The number of thiocarbonyl (C=S) groups is 1. The molecular weight excluding hydrogens is 358 g/mol. The smallest absolute Gasteiger partial charge is 0.266 e. The van der Waals surface area contributed by atoms with Crippen molar-refractivity contribution in [2.75, 3.05) is 0 Å². The van der Waals surface area contributed by atoms with Gasteiger partial charge in [-0.3, -0.25) is 9.69 Å². The van der Waals surface area contributed by atoms with E-state index in [1.54, 1.807) is 4.90 Å². The van der Waals surface area contributed by atoms with E-state index < -0.39 is 0 Å². The van der Waals surface area contributed by atoms with Gasteiger partial charge in [-0.1, -0.05) is 96.8 Å². The highest BCUT2D eigenvalue weighted by atomic mass is 32.2. The average Bonchev–Trinajstić information content (AvgIpc) is 2.95. The standard InChI is InChI=1S/C22H17NOS2/c1-15(16-8-3-2-4-9-16)23-21(24)20(26-22(23)25)14-18-12-7-11-17-10-5-6-13-19(17)18/h2-15H,1H3/b20-14+/t15-/m1/s1. The van der Waals surface area contributed by atoms with E-state index in [4.69, 9.17) is 12.2 Å². The predicted octanol–water partition coefficient (Wildman–Crippen LogP) is 5.80. The topological polar surface area (TPSA) is 20.3 Å². The zero-order valence-corrected chi connectivity index (χ0v) is 15.9. The Morgan fingerprint density at radius 3 is 2.46 bits per heavy atom. The van der Waals surface area contributed by atoms with E-state index in [0.717, 1.165) is 21.9 Å². The highest BCUT2D eigenvalue weighted by Gasteiger charge is 2.35. The molecular formula is C22H17NOS2. The number of carbonyl (C=O) groups is 1. The average molecular weight is 376 g/mol. The molecule has 1 fully saturated rings. The lowest BCUT2D eigenvalue weighted by molar-refractivity contribution is -0.123. The van der Waals surface area contributed by atoms with E-state index in [1.165, 1.54) is 11.8 Å². The van der Waals surface area contributed by atoms with Crippen molar-refractivity contribution >= 4 is 51.1 Å². The van der Waals surface area contributed by atoms with Crippen LogP contribution >= 0.6 is 24.0 Å². The summed E-state index contributed by atoms with van der Waals surface area (Å²) in [7, 11) is 0. The third-order valence-corrected chi connectivity index (χ3v) is 5.93. The number of amides is 1. The summed E-state index contributed by atoms with van der Waals surface area (Å²) in [6, 6.07) is 24.2. The number of benzene rings is 3. The number of fused-ring (bicyclic) bond motifs is 1. The number of thioether (sulfide) groups is 1. The number of rotatable bonds is 3. The van der Waals surface area contributed by atoms with Gasteiger partial charge in [0.2, 0.25) is 0 Å². The second-order valence-corrected chi connectivity index (χ2v) is 7.88. The lowest BCUT2D eigenvalue weighted by Crippen LogP contribution is -2.30. The van der Waals surface area contributed by atoms with Crippen LogP contribution in [-0.4, -0.2) is 15.1 Å². The highest BCUT2D eigenvalue weighted by molar-refractivity contribution is 8.26. The molecule has 1 aliphatic rings. The summed E-state index contributed by atoms with van der Waals surface area (Å²) in [6.45, 7) is 2.01. The Bertz CT molecular complexity index is 1020. The maximum atomic E-state index is 13.0. The molecule has 0 spiro atoms. The van der Waals surface area contributed by atoms with Gasteiger partial charge in [0.1, 0.15) is 4.32 Å². The van der Waals surface area contributed by atoms with Gasteiger partial charge in [-0.25, -0.2) is 0 Å². The van der Waals surface area contributed by atoms with Crippen molar-refractivity contribution in [2.24, 2.45) is 0 Å². The van der Waals surface area contributed by atoms with Gasteiger partial charge < -0.3 is 0 Å². The summed E-state index contributed by atoms with van der Waals surface area (Å²) < 4.78 is 0.609. The third kappa shape index (κ3) is 3.06. The van der Waals surface area contributed by atoms with E-state index in [2.05, 4.69) is 18.2 Å². The molecule has 0 aliphatic carbocycles. The van der Waals surface area contributed by atoms with Crippen LogP contribution in [0.1, 0.15) is 24.1 Å². The van der Waals surface area contributed by atoms with Crippen molar-refractivity contribution in [3.63, 3.8) is 0 Å². The van der Waals surface area contributed by atoms with Crippen LogP contribution in [0.25, 0.3) is 16.8 Å². The van der Waals surface area contributed by atoms with Crippen molar-refractivity contribution in [3.8, 4) is 0 Å². The number of hydrogen-bond acceptors (Lipinski definition) is 3. The fraction of sp³-hybridized carbons (Fsp3) is 0.0909. The lowest BCUT2D eigenvalue weighted by Gasteiger charge is -2.23. The Hall–Kier alpha value is -2.43. The number of nitrogens with zero attached hydrogens (tertiary/aromatic N) is 1. The first kappa shape index (κ1) is 17.0. The van der Waals surface area contributed by atoms with Gasteiger partial charge in [-0.15, -0.1) is 0 Å². The predicted molar refractivity (Wildman–Crippen MR) is 114 cm³/mol. The Kier molecular flexibility index (Phi) is 4.62. The van der Waals surface area contributed by atoms with Gasteiger partial charge in [-0.2, -0.15) is 0 Å². The quantitative estimate of drug-likeness (QED) is 0.426. The fourth-order valence-corrected chi connectivity index (χ4v) is 4.62. The molecule has 1 amide bonds. The molecule has 4 rings (SSSR count). The van der Waals surface area contributed by atoms with E-state index in [-0.39, 0.29) is 11.9 Å². The van der Waals surface area contributed by atoms with Gasteiger partial charge in [0.05, 0.1) is 10.9 Å². The minimum absolute atomic E-state index is 0.0238. The van der Waals surface area contributed by atoms with Crippen molar-refractivity contribution in [1.29, 1.82) is 0 Å². The zero-order chi connectivity index (χ0) is 18.1. The molecule has 3 aromatic rings. The summed E-state index contributed by atoms with van der Waals surface area (Å²) in [6.07, 6.45) is 1.96. The summed E-state index contributed by atoms with van der Waals surface area (Å²) in [4.78, 5) is 15.4. The Balaban J connectivity index is 1.70. The summed E-state index contributed by atoms with van der Waals surface area (Å²) in [5, 5.41) is 2.30. The Labute approximate surface area is 162 Å². The zero-order valence-electron chi connectivity index (χ0n) is 14.3. The number of hydrogen-bond donors (Lipinski definition) is 0. The molecule has 0 aromatic heterocycles. The molecule has 0 radical (unpaired) electrons. The molecule has 26 heavy (non-hydrogen) atoms. The van der Waals surface area contributed by atoms with Crippen molar-refractivity contribution in [3.05, 3.63) is 88.8 Å². The SMILES string of the molecule is C[C@H](c1ccccc1)N1C(=O)/C(=C\c2cccc3ccccc23)SC1=S. The largest absolute Gasteiger partial charge is 0.286 e. The molecule has 0 N–H and O–H groups in total. The van der Waals surface area contributed by atoms with Crippen molar-refractivity contribution in [1.82, 2.24) is 4.90 Å². The maximum Gasteiger partial charge on any atom is 0.266 e. The molecule has 0 bridgehead atoms. The third-order valence-electron chi connectivity index (χ3n) is 4.60. The van der Waals surface area contributed by atoms with Crippen LogP contribution in [0.2, 0.25) is 0 Å². The van der Waals surface area contributed by atoms with Crippen LogP contribution in [0.5, 0.6) is 0 Å². The van der Waals surface area contributed by atoms with Gasteiger partial charge in [0, 0.05) is 0 Å². The van der Waals surface area contributed by atoms with Gasteiger partial charge in [0.15, 0.2) is 0 Å². The fourth-order valence-electron chi connectivity index (χ4n) is 3.21. The molecule has 4 heteroatoms. The Morgan fingerprint density at radius 2 is 1.65 bits per heavy atom. The minimum atomic E-state index is -0.0814. The molecule has 0 saturated carbocycles. The second-order valence-electron chi connectivity index (χ2n) is 6.21. The number of carbonyl (C=O) groups excluding carboxylic acids is 1. The van der Waals surface area contributed by atoms with Crippen LogP contribution in [0, 0.1) is 0 Å².